The van der Waals surface area contributed by atoms with Gasteiger partial charge in [-0.1, -0.05) is 68.9 Å². The summed E-state index contributed by atoms with van der Waals surface area (Å²) < 4.78 is 11.1. The van der Waals surface area contributed by atoms with Gasteiger partial charge in [0.05, 0.1) is 12.3 Å². The van der Waals surface area contributed by atoms with E-state index in [4.69, 9.17) is 9.47 Å². The Morgan fingerprint density at radius 1 is 1.10 bits per heavy atom. The second-order valence-electron chi connectivity index (χ2n) is 8.51. The molecule has 4 nitrogen and oxygen atoms in total. The second kappa shape index (κ2) is 9.33. The molecule has 0 saturated carbocycles. The van der Waals surface area contributed by atoms with E-state index in [0.29, 0.717) is 12.4 Å². The SMILES string of the molecule is COC[C@@H](C)C1=C[C@@H](C#C[Si](C)(C)C)N(C(=O)Oc2ccccc2)c2ccccc21. The van der Waals surface area contributed by atoms with Gasteiger partial charge in [-0.25, -0.2) is 4.79 Å². The van der Waals surface area contributed by atoms with Crippen molar-refractivity contribution in [3.8, 4) is 17.2 Å². The fourth-order valence-electron chi connectivity index (χ4n) is 3.43. The largest absolute Gasteiger partial charge is 0.421 e. The summed E-state index contributed by atoms with van der Waals surface area (Å²) in [6.07, 6.45) is 1.66. The highest BCUT2D eigenvalue weighted by atomic mass is 28.3. The van der Waals surface area contributed by atoms with E-state index in [0.717, 1.165) is 16.8 Å². The molecule has 1 heterocycles. The number of amides is 1. The molecule has 0 saturated heterocycles. The summed E-state index contributed by atoms with van der Waals surface area (Å²) in [4.78, 5) is 14.9. The molecule has 0 fully saturated rings. The van der Waals surface area contributed by atoms with Gasteiger partial charge in [-0.3, -0.25) is 4.90 Å². The lowest BCUT2D eigenvalue weighted by molar-refractivity contribution is 0.178. The van der Waals surface area contributed by atoms with Gasteiger partial charge < -0.3 is 9.47 Å². The van der Waals surface area contributed by atoms with Crippen LogP contribution in [-0.4, -0.2) is 33.9 Å². The summed E-state index contributed by atoms with van der Waals surface area (Å²) in [5.74, 6) is 4.06. The van der Waals surface area contributed by atoms with E-state index in [2.05, 4.69) is 44.1 Å². The number of carbonyl (C=O) groups excluding carboxylic acids is 1. The molecule has 0 radical (unpaired) electrons. The van der Waals surface area contributed by atoms with Gasteiger partial charge in [0.15, 0.2) is 0 Å². The first-order valence-corrected chi connectivity index (χ1v) is 13.7. The molecular formula is C25H29NO3Si. The maximum absolute atomic E-state index is 13.3. The van der Waals surface area contributed by atoms with Crippen LogP contribution in [0.25, 0.3) is 5.57 Å². The molecule has 0 N–H and O–H groups in total. The van der Waals surface area contributed by atoms with Crippen molar-refractivity contribution >= 4 is 25.4 Å². The van der Waals surface area contributed by atoms with Gasteiger partial charge in [0.25, 0.3) is 0 Å². The Hall–Kier alpha value is -2.81. The van der Waals surface area contributed by atoms with Crippen molar-refractivity contribution in [1.82, 2.24) is 0 Å². The molecule has 0 aromatic heterocycles. The number of anilines is 1. The summed E-state index contributed by atoms with van der Waals surface area (Å²) in [5, 5.41) is 0. The maximum atomic E-state index is 13.3. The number of para-hydroxylation sites is 2. The number of benzene rings is 2. The van der Waals surface area contributed by atoms with Crippen LogP contribution in [0.3, 0.4) is 0 Å². The Kier molecular flexibility index (Phi) is 6.81. The van der Waals surface area contributed by atoms with E-state index in [9.17, 15) is 4.79 Å². The fourth-order valence-corrected chi connectivity index (χ4v) is 4.01. The lowest BCUT2D eigenvalue weighted by Gasteiger charge is -2.34. The fraction of sp³-hybridized carbons (Fsp3) is 0.320. The zero-order valence-electron chi connectivity index (χ0n) is 18.3. The highest BCUT2D eigenvalue weighted by Gasteiger charge is 2.33. The molecule has 156 valence electrons. The van der Waals surface area contributed by atoms with E-state index in [1.54, 1.807) is 24.1 Å². The van der Waals surface area contributed by atoms with E-state index < -0.39 is 20.2 Å². The molecule has 1 aliphatic rings. The lowest BCUT2D eigenvalue weighted by atomic mass is 9.88. The van der Waals surface area contributed by atoms with Crippen LogP contribution in [-0.2, 0) is 4.74 Å². The molecule has 1 aliphatic heterocycles. The minimum Gasteiger partial charge on any atom is -0.410 e. The van der Waals surface area contributed by atoms with Crippen LogP contribution in [0.2, 0.25) is 19.6 Å². The van der Waals surface area contributed by atoms with E-state index in [1.165, 1.54) is 0 Å². The zero-order valence-corrected chi connectivity index (χ0v) is 19.3. The molecule has 0 bridgehead atoms. The van der Waals surface area contributed by atoms with Gasteiger partial charge in [0, 0.05) is 18.6 Å². The summed E-state index contributed by atoms with van der Waals surface area (Å²) in [6, 6.07) is 16.7. The summed E-state index contributed by atoms with van der Waals surface area (Å²) >= 11 is 0. The Morgan fingerprint density at radius 2 is 1.77 bits per heavy atom. The third kappa shape index (κ3) is 5.21. The van der Waals surface area contributed by atoms with E-state index in [-0.39, 0.29) is 5.92 Å². The van der Waals surface area contributed by atoms with Gasteiger partial charge in [-0.15, -0.1) is 5.54 Å². The molecule has 30 heavy (non-hydrogen) atoms. The van der Waals surface area contributed by atoms with Crippen molar-refractivity contribution in [2.75, 3.05) is 18.6 Å². The van der Waals surface area contributed by atoms with Gasteiger partial charge >= 0.3 is 6.09 Å². The summed E-state index contributed by atoms with van der Waals surface area (Å²) in [7, 11) is 0.0767. The smallest absolute Gasteiger partial charge is 0.410 e. The third-order valence-electron chi connectivity index (χ3n) is 4.78. The molecule has 2 atom stereocenters. The molecule has 0 spiro atoms. The molecule has 2 aromatic carbocycles. The molecule has 5 heteroatoms. The quantitative estimate of drug-likeness (QED) is 0.477. The van der Waals surface area contributed by atoms with Gasteiger partial charge in [-0.2, -0.15) is 0 Å². The first-order chi connectivity index (χ1) is 14.3. The molecule has 1 amide bonds. The number of hydrogen-bond acceptors (Lipinski definition) is 3. The van der Waals surface area contributed by atoms with E-state index in [1.807, 2.05) is 42.5 Å². The van der Waals surface area contributed by atoms with Crippen LogP contribution in [0, 0.1) is 17.4 Å². The van der Waals surface area contributed by atoms with Crippen molar-refractivity contribution < 1.29 is 14.3 Å². The number of methoxy groups -OCH3 is 1. The standard InChI is InChI=1S/C25H29NO3Si/c1-19(18-28-2)23-17-20(15-16-30(3,4)5)26(24-14-10-9-13-22(23)24)25(27)29-21-11-7-6-8-12-21/h6-14,17,19-20H,18H2,1-5H3/t19-,20-/m1/s1. The Morgan fingerprint density at radius 3 is 2.43 bits per heavy atom. The highest BCUT2D eigenvalue weighted by molar-refractivity contribution is 6.83. The van der Waals surface area contributed by atoms with Gasteiger partial charge in [0.2, 0.25) is 0 Å². The van der Waals surface area contributed by atoms with Gasteiger partial charge in [-0.05, 0) is 29.8 Å². The molecule has 2 aromatic rings. The van der Waals surface area contributed by atoms with Crippen molar-refractivity contribution in [3.63, 3.8) is 0 Å². The molecular weight excluding hydrogens is 390 g/mol. The number of fused-ring (bicyclic) bond motifs is 1. The third-order valence-corrected chi connectivity index (χ3v) is 5.67. The summed E-state index contributed by atoms with van der Waals surface area (Å²) in [5.41, 5.74) is 6.40. The maximum Gasteiger partial charge on any atom is 0.421 e. The number of carbonyl (C=O) groups is 1. The predicted octanol–water partition coefficient (Wildman–Crippen LogP) is 5.62. The first kappa shape index (κ1) is 21.9. The Labute approximate surface area is 180 Å². The van der Waals surface area contributed by atoms with Crippen LogP contribution >= 0.6 is 0 Å². The van der Waals surface area contributed by atoms with Crippen LogP contribution in [0.4, 0.5) is 10.5 Å². The summed E-state index contributed by atoms with van der Waals surface area (Å²) in [6.45, 7) is 9.32. The van der Waals surface area contributed by atoms with Crippen molar-refractivity contribution in [2.24, 2.45) is 5.92 Å². The molecule has 0 unspecified atom stereocenters. The van der Waals surface area contributed by atoms with Gasteiger partial charge in [0.1, 0.15) is 19.9 Å². The highest BCUT2D eigenvalue weighted by Crippen LogP contribution is 2.38. The monoisotopic (exact) mass is 419 g/mol. The van der Waals surface area contributed by atoms with Crippen LogP contribution in [0.5, 0.6) is 5.75 Å². The number of hydrogen-bond donors (Lipinski definition) is 0. The minimum atomic E-state index is -1.63. The number of rotatable bonds is 4. The van der Waals surface area contributed by atoms with E-state index >= 15 is 0 Å². The average Bonchev–Trinajstić information content (AvgIpc) is 2.71. The van der Waals surface area contributed by atoms with Crippen LogP contribution < -0.4 is 9.64 Å². The zero-order chi connectivity index (χ0) is 21.7. The predicted molar refractivity (Wildman–Crippen MR) is 125 cm³/mol. The van der Waals surface area contributed by atoms with Crippen molar-refractivity contribution in [1.29, 1.82) is 0 Å². The Bertz CT molecular complexity index is 983. The molecule has 3 rings (SSSR count). The topological polar surface area (TPSA) is 38.8 Å². The number of nitrogens with zero attached hydrogens (tertiary/aromatic N) is 1. The van der Waals surface area contributed by atoms with Crippen molar-refractivity contribution in [3.05, 3.63) is 66.2 Å². The normalized spacial score (nSPS) is 16.6. The number of ether oxygens (including phenoxy) is 2. The van der Waals surface area contributed by atoms with Crippen LogP contribution in [0.15, 0.2) is 60.7 Å². The second-order valence-corrected chi connectivity index (χ2v) is 13.3. The Balaban J connectivity index is 2.07. The first-order valence-electron chi connectivity index (χ1n) is 10.2. The molecule has 0 aliphatic carbocycles. The van der Waals surface area contributed by atoms with Crippen LogP contribution in [0.1, 0.15) is 12.5 Å². The minimum absolute atomic E-state index is 0.180. The van der Waals surface area contributed by atoms with Crippen molar-refractivity contribution in [2.45, 2.75) is 32.6 Å². The average molecular weight is 420 g/mol. The lowest BCUT2D eigenvalue weighted by Crippen LogP contribution is -2.43.